The molecule has 9 heteroatoms. The number of benzene rings is 2. The Morgan fingerprint density at radius 3 is 1.95 bits per heavy atom. The van der Waals surface area contributed by atoms with Gasteiger partial charge in [-0.25, -0.2) is 9.59 Å². The summed E-state index contributed by atoms with van der Waals surface area (Å²) in [6.07, 6.45) is 7.07. The van der Waals surface area contributed by atoms with E-state index >= 15 is 0 Å². The Morgan fingerprint density at radius 1 is 0.750 bits per heavy atom. The van der Waals surface area contributed by atoms with Crippen molar-refractivity contribution in [3.8, 4) is 35.1 Å². The molecule has 0 bridgehead atoms. The van der Waals surface area contributed by atoms with E-state index in [1.54, 1.807) is 38.1 Å². The first-order valence-electron chi connectivity index (χ1n) is 13.1. The summed E-state index contributed by atoms with van der Waals surface area (Å²) in [4.78, 5) is 24.8. The topological polar surface area (TPSA) is 128 Å². The SMILES string of the molecule is CCCCCCOc1ccc(/C=C(\C#N)C(=O)Oc2ccc(/C=C(\C#N)C(=O)OCC)cc2OCC)cc1OC. The lowest BCUT2D eigenvalue weighted by molar-refractivity contribution is -0.138. The Bertz CT molecular complexity index is 1320. The maximum atomic E-state index is 12.9. The molecule has 0 unspecified atom stereocenters. The summed E-state index contributed by atoms with van der Waals surface area (Å²) in [5.74, 6) is -0.294. The fourth-order valence-electron chi connectivity index (χ4n) is 3.54. The van der Waals surface area contributed by atoms with E-state index in [-0.39, 0.29) is 35.9 Å². The van der Waals surface area contributed by atoms with E-state index in [0.29, 0.717) is 29.2 Å². The van der Waals surface area contributed by atoms with Crippen molar-refractivity contribution in [3.05, 3.63) is 58.7 Å². The summed E-state index contributed by atoms with van der Waals surface area (Å²) in [5.41, 5.74) is 0.587. The first-order chi connectivity index (χ1) is 19.4. The minimum Gasteiger partial charge on any atom is -0.493 e. The summed E-state index contributed by atoms with van der Waals surface area (Å²) in [5, 5.41) is 18.9. The van der Waals surface area contributed by atoms with Crippen LogP contribution in [0.1, 0.15) is 57.6 Å². The van der Waals surface area contributed by atoms with Gasteiger partial charge in [-0.15, -0.1) is 0 Å². The zero-order valence-corrected chi connectivity index (χ0v) is 23.3. The minimum atomic E-state index is -0.883. The summed E-state index contributed by atoms with van der Waals surface area (Å²) in [6.45, 7) is 6.50. The van der Waals surface area contributed by atoms with Gasteiger partial charge in [-0.3, -0.25) is 0 Å². The zero-order chi connectivity index (χ0) is 29.3. The molecule has 0 radical (unpaired) electrons. The fourth-order valence-corrected chi connectivity index (χ4v) is 3.54. The van der Waals surface area contributed by atoms with E-state index in [1.165, 1.54) is 31.4 Å². The van der Waals surface area contributed by atoms with E-state index in [9.17, 15) is 20.1 Å². The molecule has 0 fully saturated rings. The third-order valence-corrected chi connectivity index (χ3v) is 5.49. The van der Waals surface area contributed by atoms with Crippen LogP contribution in [0.4, 0.5) is 0 Å². The number of carbonyl (C=O) groups is 2. The molecule has 0 aliphatic heterocycles. The van der Waals surface area contributed by atoms with Gasteiger partial charge in [0.05, 0.1) is 26.9 Å². The maximum Gasteiger partial charge on any atom is 0.354 e. The van der Waals surface area contributed by atoms with Crippen LogP contribution in [0.3, 0.4) is 0 Å². The first-order valence-corrected chi connectivity index (χ1v) is 13.1. The number of nitriles is 2. The largest absolute Gasteiger partial charge is 0.493 e. The quantitative estimate of drug-likeness (QED) is 0.0864. The molecule has 2 aromatic rings. The number of ether oxygens (including phenoxy) is 5. The molecule has 9 nitrogen and oxygen atoms in total. The van der Waals surface area contributed by atoms with Crippen molar-refractivity contribution in [2.75, 3.05) is 26.9 Å². The van der Waals surface area contributed by atoms with E-state index < -0.39 is 11.9 Å². The van der Waals surface area contributed by atoms with Crippen LogP contribution in [-0.2, 0) is 14.3 Å². The van der Waals surface area contributed by atoms with Crippen molar-refractivity contribution < 1.29 is 33.3 Å². The number of esters is 2. The highest BCUT2D eigenvalue weighted by atomic mass is 16.6. The van der Waals surface area contributed by atoms with Gasteiger partial charge >= 0.3 is 11.9 Å². The van der Waals surface area contributed by atoms with Crippen molar-refractivity contribution in [3.63, 3.8) is 0 Å². The third-order valence-electron chi connectivity index (χ3n) is 5.49. The Balaban J connectivity index is 2.24. The van der Waals surface area contributed by atoms with Crippen molar-refractivity contribution >= 4 is 24.1 Å². The average molecular weight is 547 g/mol. The van der Waals surface area contributed by atoms with Gasteiger partial charge in [0, 0.05) is 0 Å². The van der Waals surface area contributed by atoms with Crippen LogP contribution in [0.2, 0.25) is 0 Å². The number of unbranched alkanes of at least 4 members (excludes halogenated alkanes) is 3. The number of methoxy groups -OCH3 is 1. The van der Waals surface area contributed by atoms with Crippen LogP contribution in [-0.4, -0.2) is 38.9 Å². The molecule has 0 heterocycles. The Hall–Kier alpha value is -4.76. The average Bonchev–Trinajstić information content (AvgIpc) is 2.96. The second-order valence-corrected chi connectivity index (χ2v) is 8.41. The highest BCUT2D eigenvalue weighted by molar-refractivity contribution is 6.00. The lowest BCUT2D eigenvalue weighted by atomic mass is 10.1. The number of carbonyl (C=O) groups excluding carboxylic acids is 2. The van der Waals surface area contributed by atoms with Crippen molar-refractivity contribution in [1.29, 1.82) is 10.5 Å². The van der Waals surface area contributed by atoms with Gasteiger partial charge in [0.25, 0.3) is 0 Å². The van der Waals surface area contributed by atoms with E-state index in [1.807, 2.05) is 12.1 Å². The predicted molar refractivity (Wildman–Crippen MR) is 150 cm³/mol. The monoisotopic (exact) mass is 546 g/mol. The van der Waals surface area contributed by atoms with Gasteiger partial charge in [-0.2, -0.15) is 10.5 Å². The molecule has 0 aromatic heterocycles. The number of hydrogen-bond acceptors (Lipinski definition) is 9. The van der Waals surface area contributed by atoms with Crippen LogP contribution >= 0.6 is 0 Å². The molecule has 40 heavy (non-hydrogen) atoms. The Morgan fingerprint density at radius 2 is 1.38 bits per heavy atom. The van der Waals surface area contributed by atoms with Crippen LogP contribution in [0.5, 0.6) is 23.0 Å². The van der Waals surface area contributed by atoms with Crippen LogP contribution in [0, 0.1) is 22.7 Å². The van der Waals surface area contributed by atoms with Gasteiger partial charge in [0.2, 0.25) is 0 Å². The molecular formula is C31H34N2O7. The highest BCUT2D eigenvalue weighted by Crippen LogP contribution is 2.31. The molecule has 0 aliphatic rings. The molecule has 0 N–H and O–H groups in total. The van der Waals surface area contributed by atoms with Crippen LogP contribution < -0.4 is 18.9 Å². The summed E-state index contributed by atoms with van der Waals surface area (Å²) in [6, 6.07) is 13.3. The number of hydrogen-bond donors (Lipinski definition) is 0. The predicted octanol–water partition coefficient (Wildman–Crippen LogP) is 6.04. The smallest absolute Gasteiger partial charge is 0.354 e. The number of rotatable bonds is 15. The standard InChI is InChI=1S/C31H34N2O7/c1-5-8-9-10-15-39-26-13-11-22(18-28(26)36-4)17-25(21-33)31(35)40-27-14-12-23(19-29(27)37-6-2)16-24(20-32)30(34)38-7-3/h11-14,16-19H,5-10,15H2,1-4H3/b24-16+,25-17+. The van der Waals surface area contributed by atoms with E-state index in [4.69, 9.17) is 23.7 Å². The minimum absolute atomic E-state index is 0.0733. The van der Waals surface area contributed by atoms with Crippen molar-refractivity contribution in [2.24, 2.45) is 0 Å². The van der Waals surface area contributed by atoms with E-state index in [0.717, 1.165) is 25.7 Å². The molecule has 0 amide bonds. The fraction of sp³-hybridized carbons (Fsp3) is 0.355. The normalized spacial score (nSPS) is 11.2. The molecule has 0 aliphatic carbocycles. The van der Waals surface area contributed by atoms with Gasteiger partial charge in [-0.1, -0.05) is 38.3 Å². The van der Waals surface area contributed by atoms with Crippen molar-refractivity contribution in [2.45, 2.75) is 46.5 Å². The second-order valence-electron chi connectivity index (χ2n) is 8.41. The number of nitrogens with zero attached hydrogens (tertiary/aromatic N) is 2. The summed E-state index contributed by atoms with van der Waals surface area (Å²) < 4.78 is 27.2. The summed E-state index contributed by atoms with van der Waals surface area (Å²) >= 11 is 0. The summed E-state index contributed by atoms with van der Waals surface area (Å²) in [7, 11) is 1.52. The van der Waals surface area contributed by atoms with Gasteiger partial charge in [-0.05, 0) is 67.8 Å². The molecular weight excluding hydrogens is 512 g/mol. The molecule has 2 rings (SSSR count). The molecule has 0 atom stereocenters. The highest BCUT2D eigenvalue weighted by Gasteiger charge is 2.17. The van der Waals surface area contributed by atoms with Crippen LogP contribution in [0.25, 0.3) is 12.2 Å². The van der Waals surface area contributed by atoms with Gasteiger partial charge in [0.1, 0.15) is 23.3 Å². The van der Waals surface area contributed by atoms with E-state index in [2.05, 4.69) is 6.92 Å². The molecule has 0 spiro atoms. The molecule has 2 aromatic carbocycles. The van der Waals surface area contributed by atoms with Gasteiger partial charge < -0.3 is 23.7 Å². The zero-order valence-electron chi connectivity index (χ0n) is 23.3. The van der Waals surface area contributed by atoms with Gasteiger partial charge in [0.15, 0.2) is 23.0 Å². The lowest BCUT2D eigenvalue weighted by Gasteiger charge is -2.12. The maximum absolute atomic E-state index is 12.9. The first kappa shape index (κ1) is 31.5. The third kappa shape index (κ3) is 9.52. The Labute approximate surface area is 235 Å². The van der Waals surface area contributed by atoms with Crippen LogP contribution in [0.15, 0.2) is 47.5 Å². The molecule has 0 saturated carbocycles. The molecule has 0 saturated heterocycles. The second kappa shape index (κ2) is 17.0. The Kier molecular flexibility index (Phi) is 13.3. The van der Waals surface area contributed by atoms with Crippen molar-refractivity contribution in [1.82, 2.24) is 0 Å². The molecule has 210 valence electrons. The lowest BCUT2D eigenvalue weighted by Crippen LogP contribution is -2.11.